The number of rotatable bonds is 6. The number of hydrogen-bond donors (Lipinski definition) is 1. The number of hydrogen-bond acceptors (Lipinski definition) is 5. The first-order chi connectivity index (χ1) is 14.7. The van der Waals surface area contributed by atoms with Gasteiger partial charge in [0.05, 0.1) is 24.6 Å². The van der Waals surface area contributed by atoms with Crippen LogP contribution in [-0.2, 0) is 11.2 Å². The van der Waals surface area contributed by atoms with Gasteiger partial charge in [-0.25, -0.2) is 4.79 Å². The second kappa shape index (κ2) is 9.35. The van der Waals surface area contributed by atoms with Crippen molar-refractivity contribution in [2.45, 2.75) is 41.9 Å². The van der Waals surface area contributed by atoms with E-state index in [9.17, 15) is 4.79 Å². The van der Waals surface area contributed by atoms with Gasteiger partial charge in [-0.1, -0.05) is 36.0 Å². The maximum absolute atomic E-state index is 12.0. The van der Waals surface area contributed by atoms with Crippen molar-refractivity contribution in [2.24, 2.45) is 0 Å². The zero-order chi connectivity index (χ0) is 20.9. The standard InChI is InChI=1S/C25H26N2O2S/c1-17-6-3-4-9-24(17)30-20-10-11-21-18(14-20)7-5-8-19(21)15-27-23-16-26-13-12-22(23)25(28)29-2/h3-4,6,9-14,16,19,27H,5,7-8,15H2,1-2H3. The van der Waals surface area contributed by atoms with Gasteiger partial charge in [0.1, 0.15) is 0 Å². The highest BCUT2D eigenvalue weighted by Gasteiger charge is 2.21. The summed E-state index contributed by atoms with van der Waals surface area (Å²) in [5.41, 5.74) is 5.40. The minimum atomic E-state index is -0.346. The number of aromatic nitrogens is 1. The Bertz CT molecular complexity index is 1050. The second-order valence-corrected chi connectivity index (χ2v) is 8.73. The van der Waals surface area contributed by atoms with Crippen LogP contribution in [0.1, 0.15) is 45.8 Å². The molecule has 154 valence electrons. The van der Waals surface area contributed by atoms with Crippen LogP contribution in [0.5, 0.6) is 0 Å². The molecular weight excluding hydrogens is 392 g/mol. The van der Waals surface area contributed by atoms with E-state index in [0.717, 1.165) is 25.1 Å². The molecule has 1 aliphatic rings. The lowest BCUT2D eigenvalue weighted by Gasteiger charge is -2.27. The van der Waals surface area contributed by atoms with Gasteiger partial charge >= 0.3 is 5.97 Å². The molecular formula is C25H26N2O2S. The highest BCUT2D eigenvalue weighted by atomic mass is 32.2. The second-order valence-electron chi connectivity index (χ2n) is 7.61. The molecule has 1 aliphatic carbocycles. The molecule has 0 aliphatic heterocycles. The van der Waals surface area contributed by atoms with Crippen LogP contribution < -0.4 is 5.32 Å². The number of nitrogens with zero attached hydrogens (tertiary/aromatic N) is 1. The van der Waals surface area contributed by atoms with Crippen LogP contribution in [0.15, 0.2) is 70.7 Å². The predicted octanol–water partition coefficient (Wildman–Crippen LogP) is 5.86. The van der Waals surface area contributed by atoms with Gasteiger partial charge < -0.3 is 10.1 Å². The van der Waals surface area contributed by atoms with E-state index in [4.69, 9.17) is 4.74 Å². The average molecular weight is 419 g/mol. The average Bonchev–Trinajstić information content (AvgIpc) is 2.78. The van der Waals surface area contributed by atoms with Gasteiger partial charge in [0.15, 0.2) is 0 Å². The maximum atomic E-state index is 12.0. The summed E-state index contributed by atoms with van der Waals surface area (Å²) in [7, 11) is 1.40. The SMILES string of the molecule is COC(=O)c1ccncc1NCC1CCCc2cc(Sc3ccccc3C)ccc21. The highest BCUT2D eigenvalue weighted by molar-refractivity contribution is 7.99. The van der Waals surface area contributed by atoms with Crippen molar-refractivity contribution in [3.05, 3.63) is 83.2 Å². The van der Waals surface area contributed by atoms with Crippen molar-refractivity contribution >= 4 is 23.4 Å². The molecule has 0 radical (unpaired) electrons. The number of ether oxygens (including phenoxy) is 1. The third-order valence-electron chi connectivity index (χ3n) is 5.64. The zero-order valence-corrected chi connectivity index (χ0v) is 18.2. The number of methoxy groups -OCH3 is 1. The Morgan fingerprint density at radius 3 is 2.93 bits per heavy atom. The van der Waals surface area contributed by atoms with Crippen LogP contribution in [0.4, 0.5) is 5.69 Å². The van der Waals surface area contributed by atoms with Crippen LogP contribution in [0.3, 0.4) is 0 Å². The molecule has 1 aromatic heterocycles. The molecule has 0 bridgehead atoms. The Morgan fingerprint density at radius 1 is 1.23 bits per heavy atom. The van der Waals surface area contributed by atoms with Gasteiger partial charge in [-0.2, -0.15) is 0 Å². The molecule has 3 aromatic rings. The van der Waals surface area contributed by atoms with Gasteiger partial charge in [0.2, 0.25) is 0 Å². The molecule has 0 spiro atoms. The Labute approximate surface area is 182 Å². The van der Waals surface area contributed by atoms with E-state index in [-0.39, 0.29) is 5.97 Å². The lowest BCUT2D eigenvalue weighted by molar-refractivity contribution is 0.0601. The van der Waals surface area contributed by atoms with Crippen LogP contribution in [0.25, 0.3) is 0 Å². The summed E-state index contributed by atoms with van der Waals surface area (Å²) in [4.78, 5) is 18.8. The molecule has 30 heavy (non-hydrogen) atoms. The highest BCUT2D eigenvalue weighted by Crippen LogP contribution is 2.37. The lowest BCUT2D eigenvalue weighted by atomic mass is 9.83. The normalized spacial score (nSPS) is 15.3. The molecule has 4 rings (SSSR count). The smallest absolute Gasteiger partial charge is 0.340 e. The summed E-state index contributed by atoms with van der Waals surface area (Å²) in [6.45, 7) is 2.93. The van der Waals surface area contributed by atoms with Crippen molar-refractivity contribution in [3.63, 3.8) is 0 Å². The van der Waals surface area contributed by atoms with Crippen molar-refractivity contribution in [2.75, 3.05) is 19.0 Å². The van der Waals surface area contributed by atoms with Crippen molar-refractivity contribution in [1.29, 1.82) is 0 Å². The van der Waals surface area contributed by atoms with Crippen molar-refractivity contribution in [3.8, 4) is 0 Å². The molecule has 1 atom stereocenters. The Kier molecular flexibility index (Phi) is 6.38. The third kappa shape index (κ3) is 4.51. The number of carbonyl (C=O) groups excluding carboxylic acids is 1. The fraction of sp³-hybridized carbons (Fsp3) is 0.280. The molecule has 1 unspecified atom stereocenters. The summed E-state index contributed by atoms with van der Waals surface area (Å²) in [5.74, 6) is 0.0683. The number of aryl methyl sites for hydroxylation is 2. The summed E-state index contributed by atoms with van der Waals surface area (Å²) >= 11 is 1.83. The minimum absolute atomic E-state index is 0.346. The molecule has 5 heteroatoms. The number of esters is 1. The van der Waals surface area contributed by atoms with E-state index in [1.807, 2.05) is 11.8 Å². The van der Waals surface area contributed by atoms with Gasteiger partial charge in [-0.3, -0.25) is 4.98 Å². The molecule has 1 heterocycles. The Hall–Kier alpha value is -2.79. The fourth-order valence-electron chi connectivity index (χ4n) is 4.02. The minimum Gasteiger partial charge on any atom is -0.465 e. The quantitative estimate of drug-likeness (QED) is 0.508. The fourth-order valence-corrected chi connectivity index (χ4v) is 4.99. The van der Waals surface area contributed by atoms with Crippen LogP contribution in [-0.4, -0.2) is 24.6 Å². The van der Waals surface area contributed by atoms with E-state index in [1.165, 1.54) is 40.0 Å². The Balaban J connectivity index is 1.50. The number of pyridine rings is 1. The number of carbonyl (C=O) groups is 1. The first-order valence-corrected chi connectivity index (χ1v) is 11.1. The molecule has 1 N–H and O–H groups in total. The maximum Gasteiger partial charge on any atom is 0.340 e. The van der Waals surface area contributed by atoms with Crippen LogP contribution in [0.2, 0.25) is 0 Å². The molecule has 0 amide bonds. The summed E-state index contributed by atoms with van der Waals surface area (Å²) in [6, 6.07) is 17.1. The first-order valence-electron chi connectivity index (χ1n) is 10.3. The number of benzene rings is 2. The van der Waals surface area contributed by atoms with Gasteiger partial charge in [-0.15, -0.1) is 0 Å². The van der Waals surface area contributed by atoms with Crippen LogP contribution >= 0.6 is 11.8 Å². The number of fused-ring (bicyclic) bond motifs is 1. The Morgan fingerprint density at radius 2 is 2.10 bits per heavy atom. The molecule has 0 fully saturated rings. The number of nitrogens with one attached hydrogen (secondary N) is 1. The molecule has 0 saturated carbocycles. The largest absolute Gasteiger partial charge is 0.465 e. The van der Waals surface area contributed by atoms with E-state index in [2.05, 4.69) is 59.7 Å². The van der Waals surface area contributed by atoms with Crippen LogP contribution in [0, 0.1) is 6.92 Å². The molecule has 4 nitrogen and oxygen atoms in total. The number of anilines is 1. The zero-order valence-electron chi connectivity index (χ0n) is 17.4. The first kappa shape index (κ1) is 20.5. The van der Waals surface area contributed by atoms with E-state index in [1.54, 1.807) is 18.5 Å². The summed E-state index contributed by atoms with van der Waals surface area (Å²) in [6.07, 6.45) is 6.74. The molecule has 2 aromatic carbocycles. The lowest BCUT2D eigenvalue weighted by Crippen LogP contribution is -2.19. The third-order valence-corrected chi connectivity index (χ3v) is 6.81. The van der Waals surface area contributed by atoms with E-state index in [0.29, 0.717) is 11.5 Å². The van der Waals surface area contributed by atoms with Gasteiger partial charge in [0, 0.05) is 28.5 Å². The van der Waals surface area contributed by atoms with Gasteiger partial charge in [0.25, 0.3) is 0 Å². The summed E-state index contributed by atoms with van der Waals surface area (Å²) in [5, 5.41) is 3.43. The monoisotopic (exact) mass is 418 g/mol. The van der Waals surface area contributed by atoms with Crippen molar-refractivity contribution in [1.82, 2.24) is 4.98 Å². The van der Waals surface area contributed by atoms with E-state index < -0.39 is 0 Å². The predicted molar refractivity (Wildman–Crippen MR) is 121 cm³/mol. The van der Waals surface area contributed by atoms with Gasteiger partial charge in [-0.05, 0) is 67.1 Å². The summed E-state index contributed by atoms with van der Waals surface area (Å²) < 4.78 is 4.89. The van der Waals surface area contributed by atoms with Crippen molar-refractivity contribution < 1.29 is 9.53 Å². The van der Waals surface area contributed by atoms with E-state index >= 15 is 0 Å². The topological polar surface area (TPSA) is 51.2 Å². The molecule has 0 saturated heterocycles.